The third-order valence-electron chi connectivity index (χ3n) is 3.43. The van der Waals surface area contributed by atoms with Gasteiger partial charge in [-0.05, 0) is 31.3 Å². The average molecular weight is 272 g/mol. The smallest absolute Gasteiger partial charge is 0.317 e. The van der Waals surface area contributed by atoms with E-state index in [1.54, 1.807) is 0 Å². The summed E-state index contributed by atoms with van der Waals surface area (Å²) in [6, 6.07) is 8.18. The van der Waals surface area contributed by atoms with Crippen LogP contribution in [0.25, 0.3) is 0 Å². The summed E-state index contributed by atoms with van der Waals surface area (Å²) in [4.78, 5) is 15.7. The molecule has 0 bridgehead atoms. The number of nitrogens with zero attached hydrogens (tertiary/aromatic N) is 2. The molecule has 2 rings (SSSR count). The summed E-state index contributed by atoms with van der Waals surface area (Å²) >= 11 is 0. The highest BCUT2D eigenvalue weighted by molar-refractivity contribution is 5.72. The summed E-state index contributed by atoms with van der Waals surface area (Å²) < 4.78 is 4.54. The fourth-order valence-corrected chi connectivity index (χ4v) is 2.11. The molecule has 0 radical (unpaired) electrons. The molecule has 4 heteroatoms. The van der Waals surface area contributed by atoms with Gasteiger partial charge in [0.05, 0.1) is 7.11 Å². The first-order valence-corrected chi connectivity index (χ1v) is 6.78. The second kappa shape index (κ2) is 6.97. The number of ether oxygens (including phenoxy) is 1. The Bertz CT molecular complexity index is 506. The van der Waals surface area contributed by atoms with Gasteiger partial charge >= 0.3 is 5.97 Å². The second-order valence-corrected chi connectivity index (χ2v) is 4.89. The molecule has 106 valence electrons. The van der Waals surface area contributed by atoms with Crippen molar-refractivity contribution in [1.82, 2.24) is 4.90 Å². The van der Waals surface area contributed by atoms with Crippen molar-refractivity contribution in [3.8, 4) is 11.8 Å². The van der Waals surface area contributed by atoms with E-state index in [0.717, 1.165) is 31.7 Å². The van der Waals surface area contributed by atoms with Crippen molar-refractivity contribution in [2.45, 2.75) is 6.42 Å². The number of piperazine rings is 1. The van der Waals surface area contributed by atoms with Crippen molar-refractivity contribution in [3.05, 3.63) is 29.8 Å². The van der Waals surface area contributed by atoms with Crippen molar-refractivity contribution in [2.24, 2.45) is 0 Å². The summed E-state index contributed by atoms with van der Waals surface area (Å²) in [5, 5.41) is 0. The van der Waals surface area contributed by atoms with Gasteiger partial charge in [0, 0.05) is 37.4 Å². The summed E-state index contributed by atoms with van der Waals surface area (Å²) in [7, 11) is 3.52. The van der Waals surface area contributed by atoms with Gasteiger partial charge in [-0.15, -0.1) is 0 Å². The van der Waals surface area contributed by atoms with Crippen LogP contribution in [-0.4, -0.2) is 51.2 Å². The average Bonchev–Trinajstić information content (AvgIpc) is 2.48. The summed E-state index contributed by atoms with van der Waals surface area (Å²) in [6.07, 6.45) is 0.136. The minimum atomic E-state index is -0.299. The number of carbonyl (C=O) groups is 1. The van der Waals surface area contributed by atoms with Crippen LogP contribution in [0, 0.1) is 11.8 Å². The van der Waals surface area contributed by atoms with Crippen molar-refractivity contribution < 1.29 is 9.53 Å². The predicted octanol–water partition coefficient (Wildman–Crippen LogP) is 1.35. The Morgan fingerprint density at radius 3 is 2.45 bits per heavy atom. The zero-order chi connectivity index (χ0) is 14.4. The van der Waals surface area contributed by atoms with Gasteiger partial charge < -0.3 is 14.5 Å². The number of benzene rings is 1. The van der Waals surface area contributed by atoms with Gasteiger partial charge in [0.25, 0.3) is 0 Å². The third-order valence-corrected chi connectivity index (χ3v) is 3.43. The Hall–Kier alpha value is -1.99. The fourth-order valence-electron chi connectivity index (χ4n) is 2.11. The Morgan fingerprint density at radius 2 is 1.85 bits per heavy atom. The molecule has 0 N–H and O–H groups in total. The molecular formula is C16H20N2O2. The molecule has 0 aliphatic carbocycles. The highest BCUT2D eigenvalue weighted by Crippen LogP contribution is 2.16. The standard InChI is InChI=1S/C16H20N2O2/c1-17-10-12-18(13-11-17)15-8-6-14(7-9-15)4-3-5-16(19)20-2/h6-9H,5,10-13H2,1-2H3. The van der Waals surface area contributed by atoms with Crippen LogP contribution < -0.4 is 4.90 Å². The van der Waals surface area contributed by atoms with Gasteiger partial charge in [-0.3, -0.25) is 4.79 Å². The van der Waals surface area contributed by atoms with E-state index in [0.29, 0.717) is 0 Å². The molecule has 0 aromatic heterocycles. The SMILES string of the molecule is COC(=O)CC#Cc1ccc(N2CCN(C)CC2)cc1. The Kier molecular flexibility index (Phi) is 5.03. The van der Waals surface area contributed by atoms with Crippen LogP contribution in [0.3, 0.4) is 0 Å². The Morgan fingerprint density at radius 1 is 1.20 bits per heavy atom. The Balaban J connectivity index is 1.94. The van der Waals surface area contributed by atoms with Crippen LogP contribution in [0.5, 0.6) is 0 Å². The lowest BCUT2D eigenvalue weighted by molar-refractivity contribution is -0.139. The van der Waals surface area contributed by atoms with Crippen LogP contribution >= 0.6 is 0 Å². The predicted molar refractivity (Wildman–Crippen MR) is 79.7 cm³/mol. The van der Waals surface area contributed by atoms with E-state index < -0.39 is 0 Å². The first-order chi connectivity index (χ1) is 9.69. The monoisotopic (exact) mass is 272 g/mol. The van der Waals surface area contributed by atoms with Crippen molar-refractivity contribution >= 4 is 11.7 Å². The van der Waals surface area contributed by atoms with Gasteiger partial charge in [-0.2, -0.15) is 0 Å². The number of hydrogen-bond acceptors (Lipinski definition) is 4. The van der Waals surface area contributed by atoms with Crippen molar-refractivity contribution in [1.29, 1.82) is 0 Å². The minimum absolute atomic E-state index is 0.136. The molecule has 1 heterocycles. The zero-order valence-corrected chi connectivity index (χ0v) is 12.1. The third kappa shape index (κ3) is 4.01. The highest BCUT2D eigenvalue weighted by Gasteiger charge is 2.13. The number of hydrogen-bond donors (Lipinski definition) is 0. The number of rotatable bonds is 2. The van der Waals surface area contributed by atoms with Crippen LogP contribution in [0.2, 0.25) is 0 Å². The summed E-state index contributed by atoms with van der Waals surface area (Å²) in [5.41, 5.74) is 2.16. The first kappa shape index (κ1) is 14.4. The molecule has 1 aromatic carbocycles. The molecular weight excluding hydrogens is 252 g/mol. The van der Waals surface area contributed by atoms with E-state index in [1.165, 1.54) is 12.8 Å². The van der Waals surface area contributed by atoms with Gasteiger partial charge in [0.2, 0.25) is 0 Å². The van der Waals surface area contributed by atoms with Crippen molar-refractivity contribution in [3.63, 3.8) is 0 Å². The van der Waals surface area contributed by atoms with E-state index in [4.69, 9.17) is 0 Å². The highest BCUT2D eigenvalue weighted by atomic mass is 16.5. The van der Waals surface area contributed by atoms with E-state index >= 15 is 0 Å². The molecule has 0 spiro atoms. The number of anilines is 1. The maximum absolute atomic E-state index is 11.0. The number of methoxy groups -OCH3 is 1. The number of carbonyl (C=O) groups excluding carboxylic acids is 1. The van der Waals surface area contributed by atoms with Crippen LogP contribution in [-0.2, 0) is 9.53 Å². The topological polar surface area (TPSA) is 32.8 Å². The molecule has 20 heavy (non-hydrogen) atoms. The van der Waals surface area contributed by atoms with Crippen LogP contribution in [0.1, 0.15) is 12.0 Å². The molecule has 0 amide bonds. The van der Waals surface area contributed by atoms with E-state index in [2.05, 4.69) is 45.6 Å². The van der Waals surface area contributed by atoms with Crippen molar-refractivity contribution in [2.75, 3.05) is 45.2 Å². The van der Waals surface area contributed by atoms with E-state index in [-0.39, 0.29) is 12.4 Å². The molecule has 1 saturated heterocycles. The van der Waals surface area contributed by atoms with Gasteiger partial charge in [0.15, 0.2) is 0 Å². The lowest BCUT2D eigenvalue weighted by atomic mass is 10.2. The fraction of sp³-hybridized carbons (Fsp3) is 0.438. The summed E-state index contributed by atoms with van der Waals surface area (Å²) in [6.45, 7) is 4.31. The van der Waals surface area contributed by atoms with Crippen LogP contribution in [0.4, 0.5) is 5.69 Å². The van der Waals surface area contributed by atoms with Gasteiger partial charge in [-0.1, -0.05) is 11.8 Å². The minimum Gasteiger partial charge on any atom is -0.468 e. The van der Waals surface area contributed by atoms with Gasteiger partial charge in [-0.25, -0.2) is 0 Å². The first-order valence-electron chi connectivity index (χ1n) is 6.78. The van der Waals surface area contributed by atoms with Gasteiger partial charge in [0.1, 0.15) is 6.42 Å². The lowest BCUT2D eigenvalue weighted by Crippen LogP contribution is -2.44. The normalized spacial score (nSPS) is 15.4. The van der Waals surface area contributed by atoms with Crippen LogP contribution in [0.15, 0.2) is 24.3 Å². The molecule has 0 atom stereocenters. The second-order valence-electron chi connectivity index (χ2n) is 4.89. The molecule has 0 saturated carbocycles. The van der Waals surface area contributed by atoms with E-state index in [1.807, 2.05) is 12.1 Å². The lowest BCUT2D eigenvalue weighted by Gasteiger charge is -2.34. The number of likely N-dealkylation sites (N-methyl/N-ethyl adjacent to an activating group) is 1. The molecule has 1 fully saturated rings. The maximum Gasteiger partial charge on any atom is 0.317 e. The molecule has 4 nitrogen and oxygen atoms in total. The number of esters is 1. The summed E-state index contributed by atoms with van der Waals surface area (Å²) in [5.74, 6) is 5.48. The molecule has 1 aliphatic rings. The Labute approximate surface area is 120 Å². The van der Waals surface area contributed by atoms with E-state index in [9.17, 15) is 4.79 Å². The zero-order valence-electron chi connectivity index (χ0n) is 12.1. The molecule has 1 aromatic rings. The maximum atomic E-state index is 11.0. The molecule has 1 aliphatic heterocycles. The quantitative estimate of drug-likeness (QED) is 0.601. The molecule has 0 unspecified atom stereocenters. The largest absolute Gasteiger partial charge is 0.468 e.